The smallest absolute Gasteiger partial charge is 0.234 e. The average Bonchev–Trinajstić information content (AvgIpc) is 2.25. The van der Waals surface area contributed by atoms with Crippen LogP contribution < -0.4 is 0 Å². The summed E-state index contributed by atoms with van der Waals surface area (Å²) in [5.41, 5.74) is 1.04. The molecule has 3 heteroatoms. The second kappa shape index (κ2) is 3.14. The molecule has 2 rings (SSSR count). The summed E-state index contributed by atoms with van der Waals surface area (Å²) in [5, 5.41) is 9.31. The molecule has 13 heavy (non-hydrogen) atoms. The third kappa shape index (κ3) is 1.18. The minimum absolute atomic E-state index is 0. The number of hydrogen-bond donors (Lipinski definition) is 1. The van der Waals surface area contributed by atoms with Gasteiger partial charge in [-0.05, 0) is 20.3 Å². The summed E-state index contributed by atoms with van der Waals surface area (Å²) in [6, 6.07) is 0.248. The SMILES string of the molecule is C.CC1=CC[C@@H]2[C@@H]([C@@H](C)O)C(=O)N12. The van der Waals surface area contributed by atoms with Gasteiger partial charge in [-0.2, -0.15) is 0 Å². The molecule has 3 atom stereocenters. The molecular weight excluding hydrogens is 166 g/mol. The Morgan fingerprint density at radius 3 is 2.85 bits per heavy atom. The van der Waals surface area contributed by atoms with E-state index in [2.05, 4.69) is 6.08 Å². The molecule has 0 bridgehead atoms. The van der Waals surface area contributed by atoms with Crippen molar-refractivity contribution >= 4 is 5.91 Å². The molecule has 1 fully saturated rings. The lowest BCUT2D eigenvalue weighted by Crippen LogP contribution is -2.60. The Labute approximate surface area is 79.0 Å². The van der Waals surface area contributed by atoms with Crippen LogP contribution in [0.2, 0.25) is 0 Å². The van der Waals surface area contributed by atoms with E-state index in [9.17, 15) is 9.90 Å². The highest BCUT2D eigenvalue weighted by Gasteiger charge is 2.51. The van der Waals surface area contributed by atoms with Crippen LogP contribution >= 0.6 is 0 Å². The first-order valence-electron chi connectivity index (χ1n) is 4.31. The molecule has 74 valence electrons. The van der Waals surface area contributed by atoms with Crippen LogP contribution in [0.15, 0.2) is 11.8 Å². The third-order valence-corrected chi connectivity index (χ3v) is 2.82. The van der Waals surface area contributed by atoms with Crippen molar-refractivity contribution in [1.82, 2.24) is 4.90 Å². The van der Waals surface area contributed by atoms with Crippen LogP contribution in [0.4, 0.5) is 0 Å². The topological polar surface area (TPSA) is 40.5 Å². The Balaban J connectivity index is 0.000000845. The van der Waals surface area contributed by atoms with E-state index in [1.54, 1.807) is 11.8 Å². The largest absolute Gasteiger partial charge is 0.393 e. The van der Waals surface area contributed by atoms with Crippen LogP contribution in [0.25, 0.3) is 0 Å². The Hall–Kier alpha value is -0.830. The van der Waals surface area contributed by atoms with E-state index >= 15 is 0 Å². The van der Waals surface area contributed by atoms with Crippen molar-refractivity contribution in [2.75, 3.05) is 0 Å². The number of nitrogens with zero attached hydrogens (tertiary/aromatic N) is 1. The molecule has 1 amide bonds. The van der Waals surface area contributed by atoms with Gasteiger partial charge in [0.25, 0.3) is 0 Å². The van der Waals surface area contributed by atoms with E-state index < -0.39 is 6.10 Å². The molecule has 0 spiro atoms. The summed E-state index contributed by atoms with van der Waals surface area (Å²) in [5.74, 6) is -0.0695. The summed E-state index contributed by atoms with van der Waals surface area (Å²) >= 11 is 0. The van der Waals surface area contributed by atoms with Crippen molar-refractivity contribution in [3.63, 3.8) is 0 Å². The molecule has 0 aromatic carbocycles. The van der Waals surface area contributed by atoms with Crippen molar-refractivity contribution in [2.24, 2.45) is 5.92 Å². The van der Waals surface area contributed by atoms with Crippen molar-refractivity contribution in [1.29, 1.82) is 0 Å². The zero-order valence-electron chi connectivity index (χ0n) is 7.32. The van der Waals surface area contributed by atoms with Gasteiger partial charge in [0.15, 0.2) is 0 Å². The Bertz CT molecular complexity index is 258. The van der Waals surface area contributed by atoms with Crippen LogP contribution in [0.3, 0.4) is 0 Å². The fourth-order valence-electron chi connectivity index (χ4n) is 2.17. The summed E-state index contributed by atoms with van der Waals surface area (Å²) in [6.07, 6.45) is 2.47. The van der Waals surface area contributed by atoms with Crippen molar-refractivity contribution < 1.29 is 9.90 Å². The first kappa shape index (κ1) is 10.3. The van der Waals surface area contributed by atoms with Gasteiger partial charge in [0, 0.05) is 5.70 Å². The van der Waals surface area contributed by atoms with E-state index in [-0.39, 0.29) is 25.3 Å². The van der Waals surface area contributed by atoms with E-state index in [4.69, 9.17) is 0 Å². The predicted molar refractivity (Wildman–Crippen MR) is 50.9 cm³/mol. The lowest BCUT2D eigenvalue weighted by atomic mass is 9.83. The molecule has 0 unspecified atom stereocenters. The number of hydrogen-bond acceptors (Lipinski definition) is 2. The normalized spacial score (nSPS) is 33.0. The Morgan fingerprint density at radius 1 is 1.69 bits per heavy atom. The fraction of sp³-hybridized carbons (Fsp3) is 0.700. The lowest BCUT2D eigenvalue weighted by molar-refractivity contribution is -0.157. The number of aliphatic hydroxyl groups is 1. The monoisotopic (exact) mass is 183 g/mol. The third-order valence-electron chi connectivity index (χ3n) is 2.82. The lowest BCUT2D eigenvalue weighted by Gasteiger charge is -2.45. The second-order valence-corrected chi connectivity index (χ2v) is 3.62. The molecule has 2 aliphatic rings. The van der Waals surface area contributed by atoms with Crippen LogP contribution in [0.1, 0.15) is 27.7 Å². The van der Waals surface area contributed by atoms with Gasteiger partial charge < -0.3 is 10.0 Å². The summed E-state index contributed by atoms with van der Waals surface area (Å²) < 4.78 is 0. The summed E-state index contributed by atoms with van der Waals surface area (Å²) in [6.45, 7) is 3.63. The first-order valence-corrected chi connectivity index (χ1v) is 4.31. The number of β-lactam (4-membered cyclic amide) rings is 1. The molecule has 0 aromatic rings. The molecule has 0 aromatic heterocycles. The maximum absolute atomic E-state index is 11.4. The molecule has 0 aliphatic carbocycles. The summed E-state index contributed by atoms with van der Waals surface area (Å²) in [7, 11) is 0. The van der Waals surface area contributed by atoms with Gasteiger partial charge in [0.05, 0.1) is 18.1 Å². The zero-order valence-corrected chi connectivity index (χ0v) is 7.32. The molecule has 3 nitrogen and oxygen atoms in total. The molecular formula is C10H17NO2. The fourth-order valence-corrected chi connectivity index (χ4v) is 2.17. The quantitative estimate of drug-likeness (QED) is 0.619. The molecule has 1 saturated heterocycles. The van der Waals surface area contributed by atoms with Crippen molar-refractivity contribution in [3.05, 3.63) is 11.8 Å². The number of amides is 1. The van der Waals surface area contributed by atoms with Crippen LogP contribution in [-0.4, -0.2) is 28.1 Å². The minimum Gasteiger partial charge on any atom is -0.393 e. The van der Waals surface area contributed by atoms with Gasteiger partial charge in [-0.1, -0.05) is 13.5 Å². The van der Waals surface area contributed by atoms with Gasteiger partial charge in [0.1, 0.15) is 0 Å². The van der Waals surface area contributed by atoms with E-state index in [1.165, 1.54) is 0 Å². The van der Waals surface area contributed by atoms with Crippen molar-refractivity contribution in [3.8, 4) is 0 Å². The molecule has 0 saturated carbocycles. The van der Waals surface area contributed by atoms with E-state index in [1.807, 2.05) is 6.92 Å². The number of carbonyl (C=O) groups excluding carboxylic acids is 1. The van der Waals surface area contributed by atoms with Crippen LogP contribution in [0.5, 0.6) is 0 Å². The number of aliphatic hydroxyl groups excluding tert-OH is 1. The van der Waals surface area contributed by atoms with E-state index in [0.717, 1.165) is 12.1 Å². The number of fused-ring (bicyclic) bond motifs is 1. The van der Waals surface area contributed by atoms with Gasteiger partial charge in [-0.15, -0.1) is 0 Å². The maximum Gasteiger partial charge on any atom is 0.234 e. The molecule has 0 radical (unpaired) electrons. The highest BCUT2D eigenvalue weighted by Crippen LogP contribution is 2.39. The Kier molecular flexibility index (Phi) is 2.48. The highest BCUT2D eigenvalue weighted by molar-refractivity contribution is 5.89. The highest BCUT2D eigenvalue weighted by atomic mass is 16.3. The zero-order chi connectivity index (χ0) is 8.88. The van der Waals surface area contributed by atoms with Gasteiger partial charge in [-0.3, -0.25) is 4.79 Å². The predicted octanol–water partition coefficient (Wildman–Crippen LogP) is 1.14. The number of carbonyl (C=O) groups is 1. The summed E-state index contributed by atoms with van der Waals surface area (Å²) in [4.78, 5) is 13.2. The van der Waals surface area contributed by atoms with E-state index in [0.29, 0.717) is 0 Å². The molecule has 2 aliphatic heterocycles. The minimum atomic E-state index is -0.502. The number of allylic oxidation sites excluding steroid dienone is 1. The van der Waals surface area contributed by atoms with Gasteiger partial charge in [-0.25, -0.2) is 0 Å². The number of rotatable bonds is 1. The molecule has 2 heterocycles. The first-order chi connectivity index (χ1) is 5.63. The standard InChI is InChI=1S/C9H13NO2.CH4/c1-5-3-4-7-8(6(2)11)9(12)10(5)7;/h3,6-8,11H,4H2,1-2H3;1H4/t6-,7-,8-;/m1./s1. The second-order valence-electron chi connectivity index (χ2n) is 3.62. The Morgan fingerprint density at radius 2 is 2.31 bits per heavy atom. The van der Waals surface area contributed by atoms with Crippen molar-refractivity contribution in [2.45, 2.75) is 39.8 Å². The van der Waals surface area contributed by atoms with Crippen LogP contribution in [0, 0.1) is 5.92 Å². The maximum atomic E-state index is 11.4. The van der Waals surface area contributed by atoms with Gasteiger partial charge >= 0.3 is 0 Å². The van der Waals surface area contributed by atoms with Crippen LogP contribution in [-0.2, 0) is 4.79 Å². The molecule has 1 N–H and O–H groups in total. The average molecular weight is 183 g/mol. The van der Waals surface area contributed by atoms with Gasteiger partial charge in [0.2, 0.25) is 5.91 Å².